The summed E-state index contributed by atoms with van der Waals surface area (Å²) >= 11 is 13.9. The molecule has 0 unspecified atom stereocenters. The summed E-state index contributed by atoms with van der Waals surface area (Å²) in [5.41, 5.74) is 1.61. The van der Waals surface area contributed by atoms with Gasteiger partial charge in [-0.3, -0.25) is 4.79 Å². The Hall–Kier alpha value is -2.54. The van der Waals surface area contributed by atoms with Crippen molar-refractivity contribution in [1.82, 2.24) is 9.80 Å². The van der Waals surface area contributed by atoms with Crippen LogP contribution >= 0.6 is 34.5 Å². The van der Waals surface area contributed by atoms with Crippen molar-refractivity contribution in [2.45, 2.75) is 58.2 Å². The number of nitrogens with zero attached hydrogens (tertiary/aromatic N) is 2. The Labute approximate surface area is 227 Å². The number of carbonyl (C=O) groups excluding carboxylic acids is 2. The lowest BCUT2D eigenvalue weighted by molar-refractivity contribution is -0.133. The van der Waals surface area contributed by atoms with Crippen molar-refractivity contribution in [1.29, 1.82) is 0 Å². The van der Waals surface area contributed by atoms with E-state index < -0.39 is 0 Å². The van der Waals surface area contributed by atoms with Gasteiger partial charge in [-0.25, -0.2) is 4.79 Å². The van der Waals surface area contributed by atoms with Crippen molar-refractivity contribution in [3.05, 3.63) is 86.0 Å². The molecule has 36 heavy (non-hydrogen) atoms. The quantitative estimate of drug-likeness (QED) is 0.315. The smallest absolute Gasteiger partial charge is 0.322 e. The van der Waals surface area contributed by atoms with E-state index in [0.29, 0.717) is 28.8 Å². The van der Waals surface area contributed by atoms with Crippen molar-refractivity contribution in [3.63, 3.8) is 0 Å². The molecule has 1 saturated carbocycles. The number of hydrogen-bond acceptors (Lipinski definition) is 3. The monoisotopic (exact) mass is 543 g/mol. The van der Waals surface area contributed by atoms with Crippen LogP contribution in [0.15, 0.2) is 60.7 Å². The number of rotatable bonds is 8. The number of amides is 3. The van der Waals surface area contributed by atoms with Crippen molar-refractivity contribution < 1.29 is 9.59 Å². The van der Waals surface area contributed by atoms with Crippen molar-refractivity contribution in [3.8, 4) is 0 Å². The summed E-state index contributed by atoms with van der Waals surface area (Å²) in [6.07, 6.45) is 5.05. The third-order valence-corrected chi connectivity index (χ3v) is 8.19. The zero-order chi connectivity index (χ0) is 25.5. The lowest BCUT2D eigenvalue weighted by Gasteiger charge is -2.35. The molecule has 190 valence electrons. The van der Waals surface area contributed by atoms with Crippen LogP contribution in [0.5, 0.6) is 0 Å². The highest BCUT2D eigenvalue weighted by Crippen LogP contribution is 2.27. The number of aryl methyl sites for hydroxylation is 1. The Balaban J connectivity index is 1.54. The number of urea groups is 1. The maximum absolute atomic E-state index is 13.7. The van der Waals surface area contributed by atoms with Crippen LogP contribution in [-0.4, -0.2) is 34.3 Å². The Bertz CT molecular complexity index is 1180. The van der Waals surface area contributed by atoms with Gasteiger partial charge in [-0.05, 0) is 55.7 Å². The third kappa shape index (κ3) is 7.25. The summed E-state index contributed by atoms with van der Waals surface area (Å²) in [4.78, 5) is 33.1. The summed E-state index contributed by atoms with van der Waals surface area (Å²) in [6, 6.07) is 18.8. The Morgan fingerprint density at radius 1 is 0.944 bits per heavy atom. The molecule has 3 amide bonds. The van der Waals surface area contributed by atoms with Crippen LogP contribution in [0.25, 0.3) is 0 Å². The fraction of sp³-hybridized carbons (Fsp3) is 0.357. The predicted octanol–water partition coefficient (Wildman–Crippen LogP) is 7.76. The van der Waals surface area contributed by atoms with E-state index >= 15 is 0 Å². The van der Waals surface area contributed by atoms with Crippen LogP contribution < -0.4 is 5.32 Å². The summed E-state index contributed by atoms with van der Waals surface area (Å²) in [6.45, 7) is 3.09. The molecule has 8 heteroatoms. The number of nitrogens with one attached hydrogen (secondary N) is 1. The number of halogens is 2. The van der Waals surface area contributed by atoms with Crippen LogP contribution in [-0.2, 0) is 17.9 Å². The van der Waals surface area contributed by atoms with Crippen LogP contribution in [0, 0.1) is 6.92 Å². The molecular formula is C28H31Cl2N3O2S. The molecule has 1 aromatic heterocycles. The average molecular weight is 545 g/mol. The van der Waals surface area contributed by atoms with E-state index in [1.807, 2.05) is 35.2 Å². The Kier molecular flexibility index (Phi) is 9.30. The molecule has 0 atom stereocenters. The first-order chi connectivity index (χ1) is 17.4. The highest BCUT2D eigenvalue weighted by Gasteiger charge is 2.29. The molecule has 5 nitrogen and oxygen atoms in total. The van der Waals surface area contributed by atoms with Crippen LogP contribution in [0.1, 0.15) is 47.4 Å². The van der Waals surface area contributed by atoms with Crippen LogP contribution in [0.2, 0.25) is 10.0 Å². The average Bonchev–Trinajstić information content (AvgIpc) is 3.29. The maximum atomic E-state index is 13.7. The van der Waals surface area contributed by atoms with Gasteiger partial charge in [0.25, 0.3) is 0 Å². The normalized spacial score (nSPS) is 13.9. The minimum Gasteiger partial charge on any atom is -0.332 e. The van der Waals surface area contributed by atoms with Gasteiger partial charge in [0, 0.05) is 28.0 Å². The molecule has 3 aromatic rings. The Morgan fingerprint density at radius 3 is 2.36 bits per heavy atom. The molecule has 2 aromatic carbocycles. The van der Waals surface area contributed by atoms with E-state index in [4.69, 9.17) is 23.2 Å². The summed E-state index contributed by atoms with van der Waals surface area (Å²) in [7, 11) is 0. The molecule has 0 spiro atoms. The zero-order valence-electron chi connectivity index (χ0n) is 20.4. The first-order valence-corrected chi connectivity index (χ1v) is 13.9. The predicted molar refractivity (Wildman–Crippen MR) is 149 cm³/mol. The van der Waals surface area contributed by atoms with Gasteiger partial charge in [0.05, 0.1) is 16.6 Å². The first-order valence-electron chi connectivity index (χ1n) is 12.3. The van der Waals surface area contributed by atoms with E-state index in [1.54, 1.807) is 34.4 Å². The van der Waals surface area contributed by atoms with E-state index in [9.17, 15) is 9.59 Å². The molecule has 1 aliphatic rings. The van der Waals surface area contributed by atoms with E-state index in [2.05, 4.69) is 24.4 Å². The van der Waals surface area contributed by atoms with Crippen LogP contribution in [0.4, 0.5) is 10.5 Å². The van der Waals surface area contributed by atoms with E-state index in [1.165, 1.54) is 4.88 Å². The fourth-order valence-corrected chi connectivity index (χ4v) is 5.77. The zero-order valence-corrected chi connectivity index (χ0v) is 22.7. The van der Waals surface area contributed by atoms with Crippen molar-refractivity contribution in [2.75, 3.05) is 11.9 Å². The van der Waals surface area contributed by atoms with Gasteiger partial charge in [-0.1, -0.05) is 72.8 Å². The minimum atomic E-state index is -0.291. The maximum Gasteiger partial charge on any atom is 0.322 e. The van der Waals surface area contributed by atoms with Gasteiger partial charge >= 0.3 is 6.03 Å². The first kappa shape index (κ1) is 26.5. The molecule has 1 heterocycles. The number of benzene rings is 2. The van der Waals surface area contributed by atoms with Gasteiger partial charge in [0.1, 0.15) is 6.54 Å². The van der Waals surface area contributed by atoms with Gasteiger partial charge in [0.2, 0.25) is 5.91 Å². The van der Waals surface area contributed by atoms with Gasteiger partial charge in [-0.15, -0.1) is 11.3 Å². The number of thiophene rings is 1. The number of carbonyl (C=O) groups is 2. The Morgan fingerprint density at radius 2 is 1.69 bits per heavy atom. The molecule has 0 radical (unpaired) electrons. The van der Waals surface area contributed by atoms with Crippen molar-refractivity contribution in [2.24, 2.45) is 0 Å². The molecule has 1 N–H and O–H groups in total. The summed E-state index contributed by atoms with van der Waals surface area (Å²) in [5.74, 6) is -0.0697. The minimum absolute atomic E-state index is 0.0213. The highest BCUT2D eigenvalue weighted by molar-refractivity contribution is 7.11. The SMILES string of the molecule is Cc1ccc(CN(Cc2ccccc2)C(=O)CN(C(=O)Nc2ccc(Cl)c(Cl)c2)C2CCCCC2)s1. The van der Waals surface area contributed by atoms with Gasteiger partial charge < -0.3 is 15.1 Å². The molecule has 4 rings (SSSR count). The van der Waals surface area contributed by atoms with Crippen LogP contribution in [0.3, 0.4) is 0 Å². The number of hydrogen-bond donors (Lipinski definition) is 1. The number of anilines is 1. The third-order valence-electron chi connectivity index (χ3n) is 6.46. The standard InChI is InChI=1S/C28H31Cl2N3O2S/c1-20-12-14-24(36-20)18-32(17-21-8-4-2-5-9-21)27(34)19-33(23-10-6-3-7-11-23)28(35)31-22-13-15-25(29)26(30)16-22/h2,4-5,8-9,12-16,23H,3,6-7,10-11,17-19H2,1H3,(H,31,35). The van der Waals surface area contributed by atoms with E-state index in [0.717, 1.165) is 42.5 Å². The van der Waals surface area contributed by atoms with Gasteiger partial charge in [-0.2, -0.15) is 0 Å². The second kappa shape index (κ2) is 12.6. The fourth-order valence-electron chi connectivity index (χ4n) is 4.57. The molecule has 1 aliphatic carbocycles. The summed E-state index contributed by atoms with van der Waals surface area (Å²) in [5, 5.41) is 3.73. The largest absolute Gasteiger partial charge is 0.332 e. The van der Waals surface area contributed by atoms with E-state index in [-0.39, 0.29) is 24.5 Å². The molecular weight excluding hydrogens is 513 g/mol. The molecule has 0 aliphatic heterocycles. The molecule has 1 fully saturated rings. The second-order valence-corrected chi connectivity index (χ2v) is 11.4. The summed E-state index contributed by atoms with van der Waals surface area (Å²) < 4.78 is 0. The topological polar surface area (TPSA) is 52.7 Å². The molecule has 0 saturated heterocycles. The highest BCUT2D eigenvalue weighted by atomic mass is 35.5. The lowest BCUT2D eigenvalue weighted by Crippen LogP contribution is -2.49. The van der Waals surface area contributed by atoms with Crippen molar-refractivity contribution >= 4 is 52.2 Å². The lowest BCUT2D eigenvalue weighted by atomic mass is 9.94. The van der Waals surface area contributed by atoms with Gasteiger partial charge in [0.15, 0.2) is 0 Å². The molecule has 0 bridgehead atoms. The second-order valence-electron chi connectivity index (χ2n) is 9.23.